The molecule has 0 aromatic heterocycles. The van der Waals surface area contributed by atoms with Crippen molar-refractivity contribution in [1.29, 1.82) is 0 Å². The molecule has 0 aliphatic carbocycles. The second-order valence-corrected chi connectivity index (χ2v) is 5.04. The predicted molar refractivity (Wildman–Crippen MR) is 80.0 cm³/mol. The van der Waals surface area contributed by atoms with Gasteiger partial charge in [0.2, 0.25) is 0 Å². The van der Waals surface area contributed by atoms with Gasteiger partial charge in [0.05, 0.1) is 7.11 Å². The monoisotopic (exact) mass is 286 g/mol. The van der Waals surface area contributed by atoms with E-state index in [-0.39, 0.29) is 0 Å². The molecule has 0 atom stereocenters. The van der Waals surface area contributed by atoms with Gasteiger partial charge in [-0.1, -0.05) is 52.4 Å². The van der Waals surface area contributed by atoms with Crippen molar-refractivity contribution in [3.8, 4) is 0 Å². The van der Waals surface area contributed by atoms with Gasteiger partial charge in [-0.05, 0) is 12.8 Å². The molecule has 1 N–H and O–H groups in total. The Hall–Kier alpha value is -1.10. The third-order valence-corrected chi connectivity index (χ3v) is 3.19. The number of hydrazine groups is 1. The first-order valence-corrected chi connectivity index (χ1v) is 7.79. The van der Waals surface area contributed by atoms with Gasteiger partial charge in [0, 0.05) is 13.1 Å². The maximum atomic E-state index is 11.5. The van der Waals surface area contributed by atoms with Crippen LogP contribution in [0.15, 0.2) is 0 Å². The molecule has 0 saturated carbocycles. The van der Waals surface area contributed by atoms with E-state index in [2.05, 4.69) is 24.0 Å². The first kappa shape index (κ1) is 18.9. The number of hydrogen-bond donors (Lipinski definition) is 1. The summed E-state index contributed by atoms with van der Waals surface area (Å²) in [4.78, 5) is 22.7. The van der Waals surface area contributed by atoms with Crippen LogP contribution in [0.5, 0.6) is 0 Å². The van der Waals surface area contributed by atoms with Gasteiger partial charge < -0.3 is 4.74 Å². The number of carbonyl (C=O) groups excluding carboxylic acids is 2. The highest BCUT2D eigenvalue weighted by molar-refractivity contribution is 6.32. The number of hydrogen-bond acceptors (Lipinski definition) is 4. The Labute approximate surface area is 123 Å². The van der Waals surface area contributed by atoms with E-state index in [1.165, 1.54) is 32.8 Å². The second-order valence-electron chi connectivity index (χ2n) is 5.04. The molecule has 1 amide bonds. The van der Waals surface area contributed by atoms with Crippen LogP contribution in [0.1, 0.15) is 65.2 Å². The number of methoxy groups -OCH3 is 1. The Bertz CT molecular complexity index is 258. The van der Waals surface area contributed by atoms with E-state index >= 15 is 0 Å². The van der Waals surface area contributed by atoms with E-state index < -0.39 is 11.9 Å². The number of amides is 1. The Balaban J connectivity index is 4.09. The van der Waals surface area contributed by atoms with Gasteiger partial charge >= 0.3 is 11.9 Å². The highest BCUT2D eigenvalue weighted by Crippen LogP contribution is 2.03. The third-order valence-electron chi connectivity index (χ3n) is 3.19. The molecule has 0 heterocycles. The van der Waals surface area contributed by atoms with Crippen molar-refractivity contribution in [3.63, 3.8) is 0 Å². The largest absolute Gasteiger partial charge is 0.462 e. The minimum atomic E-state index is -0.836. The van der Waals surface area contributed by atoms with Crippen molar-refractivity contribution in [3.05, 3.63) is 0 Å². The quantitative estimate of drug-likeness (QED) is 0.274. The smallest absolute Gasteiger partial charge is 0.397 e. The molecule has 0 rings (SSSR count). The van der Waals surface area contributed by atoms with E-state index in [1.807, 2.05) is 5.01 Å². The maximum Gasteiger partial charge on any atom is 0.397 e. The molecular formula is C15H30N2O3. The Morgan fingerprint density at radius 1 is 0.900 bits per heavy atom. The molecule has 0 unspecified atom stereocenters. The Morgan fingerprint density at radius 3 is 1.80 bits per heavy atom. The summed E-state index contributed by atoms with van der Waals surface area (Å²) in [6, 6.07) is 0. The minimum absolute atomic E-state index is 0.682. The van der Waals surface area contributed by atoms with Crippen molar-refractivity contribution in [2.45, 2.75) is 65.2 Å². The van der Waals surface area contributed by atoms with Gasteiger partial charge in [-0.25, -0.2) is 9.80 Å². The molecule has 0 fully saturated rings. The van der Waals surface area contributed by atoms with Crippen LogP contribution in [0.3, 0.4) is 0 Å². The first-order valence-electron chi connectivity index (χ1n) is 7.79. The zero-order valence-electron chi connectivity index (χ0n) is 13.2. The van der Waals surface area contributed by atoms with Crippen LogP contribution < -0.4 is 5.43 Å². The van der Waals surface area contributed by atoms with E-state index in [4.69, 9.17) is 0 Å². The number of rotatable bonds is 11. The summed E-state index contributed by atoms with van der Waals surface area (Å²) in [7, 11) is 1.22. The number of ether oxygens (including phenoxy) is 1. The average molecular weight is 286 g/mol. The lowest BCUT2D eigenvalue weighted by molar-refractivity contribution is -0.155. The van der Waals surface area contributed by atoms with Crippen molar-refractivity contribution in [1.82, 2.24) is 10.4 Å². The molecule has 118 valence electrons. The van der Waals surface area contributed by atoms with E-state index in [9.17, 15) is 9.59 Å². The van der Waals surface area contributed by atoms with Gasteiger partial charge in [-0.2, -0.15) is 0 Å². The molecule has 0 aliphatic rings. The summed E-state index contributed by atoms with van der Waals surface area (Å²) < 4.78 is 4.42. The standard InChI is InChI=1S/C15H30N2O3/c1-4-6-8-10-12-17(13-11-9-7-5-2)16-14(18)15(19)20-3/h4-13H2,1-3H3,(H,16,18). The van der Waals surface area contributed by atoms with Crippen molar-refractivity contribution < 1.29 is 14.3 Å². The number of carbonyl (C=O) groups is 2. The van der Waals surface area contributed by atoms with Crippen LogP contribution in [0, 0.1) is 0 Å². The summed E-state index contributed by atoms with van der Waals surface area (Å²) in [5, 5.41) is 1.85. The molecule has 20 heavy (non-hydrogen) atoms. The molecule has 0 aliphatic heterocycles. The summed E-state index contributed by atoms with van der Waals surface area (Å²) >= 11 is 0. The topological polar surface area (TPSA) is 58.6 Å². The van der Waals surface area contributed by atoms with Crippen LogP contribution in [0.2, 0.25) is 0 Å². The lowest BCUT2D eigenvalue weighted by atomic mass is 10.2. The van der Waals surface area contributed by atoms with Crippen LogP contribution in [-0.2, 0) is 14.3 Å². The zero-order valence-corrected chi connectivity index (χ0v) is 13.2. The molecule has 0 spiro atoms. The molecule has 5 heteroatoms. The van der Waals surface area contributed by atoms with Crippen LogP contribution >= 0.6 is 0 Å². The Kier molecular flexibility index (Phi) is 12.2. The third kappa shape index (κ3) is 9.78. The van der Waals surface area contributed by atoms with Crippen LogP contribution in [0.25, 0.3) is 0 Å². The fourth-order valence-corrected chi connectivity index (χ4v) is 1.96. The van der Waals surface area contributed by atoms with Gasteiger partial charge in [0.25, 0.3) is 0 Å². The van der Waals surface area contributed by atoms with Gasteiger partial charge in [-0.15, -0.1) is 0 Å². The normalized spacial score (nSPS) is 10.6. The maximum absolute atomic E-state index is 11.5. The fraction of sp³-hybridized carbons (Fsp3) is 0.867. The molecule has 0 aromatic carbocycles. The summed E-state index contributed by atoms with van der Waals surface area (Å²) in [6.07, 6.45) is 9.14. The first-order chi connectivity index (χ1) is 9.65. The number of nitrogens with zero attached hydrogens (tertiary/aromatic N) is 1. The van der Waals surface area contributed by atoms with Crippen molar-refractivity contribution >= 4 is 11.9 Å². The molecule has 0 bridgehead atoms. The highest BCUT2D eigenvalue weighted by Gasteiger charge is 2.16. The van der Waals surface area contributed by atoms with Crippen molar-refractivity contribution in [2.75, 3.05) is 20.2 Å². The Morgan fingerprint density at radius 2 is 1.40 bits per heavy atom. The molecule has 0 radical (unpaired) electrons. The molecule has 0 saturated heterocycles. The predicted octanol–water partition coefficient (Wildman–Crippen LogP) is 2.65. The van der Waals surface area contributed by atoms with Gasteiger partial charge in [-0.3, -0.25) is 10.2 Å². The van der Waals surface area contributed by atoms with Gasteiger partial charge in [0.15, 0.2) is 0 Å². The van der Waals surface area contributed by atoms with Crippen LogP contribution in [0.4, 0.5) is 0 Å². The fourth-order valence-electron chi connectivity index (χ4n) is 1.96. The number of unbranched alkanes of at least 4 members (excludes halogenated alkanes) is 6. The molecule has 5 nitrogen and oxygen atoms in total. The summed E-state index contributed by atoms with van der Waals surface area (Å²) in [6.45, 7) is 5.91. The lowest BCUT2D eigenvalue weighted by Gasteiger charge is -2.22. The highest BCUT2D eigenvalue weighted by atomic mass is 16.5. The van der Waals surface area contributed by atoms with Crippen molar-refractivity contribution in [2.24, 2.45) is 0 Å². The second kappa shape index (κ2) is 12.9. The minimum Gasteiger partial charge on any atom is -0.462 e. The molecule has 0 aromatic rings. The average Bonchev–Trinajstić information content (AvgIpc) is 2.46. The van der Waals surface area contributed by atoms with E-state index in [0.717, 1.165) is 38.8 Å². The van der Waals surface area contributed by atoms with Crippen LogP contribution in [-0.4, -0.2) is 37.1 Å². The van der Waals surface area contributed by atoms with E-state index in [0.29, 0.717) is 0 Å². The summed E-state index contributed by atoms with van der Waals surface area (Å²) in [5.74, 6) is -1.52. The molecular weight excluding hydrogens is 256 g/mol. The SMILES string of the molecule is CCCCCCN(CCCCCC)NC(=O)C(=O)OC. The summed E-state index contributed by atoms with van der Waals surface area (Å²) in [5.41, 5.74) is 2.64. The zero-order chi connectivity index (χ0) is 15.2. The van der Waals surface area contributed by atoms with E-state index in [1.54, 1.807) is 0 Å². The van der Waals surface area contributed by atoms with Gasteiger partial charge in [0.1, 0.15) is 0 Å². The number of nitrogens with one attached hydrogen (secondary N) is 1. The lowest BCUT2D eigenvalue weighted by Crippen LogP contribution is -2.46. The number of esters is 1.